The Labute approximate surface area is 77.3 Å². The van der Waals surface area contributed by atoms with Crippen LogP contribution in [0.4, 0.5) is 0 Å². The highest BCUT2D eigenvalue weighted by atomic mass is 35.5. The lowest BCUT2D eigenvalue weighted by Gasteiger charge is -2.06. The highest BCUT2D eigenvalue weighted by molar-refractivity contribution is 6.29. The van der Waals surface area contributed by atoms with Crippen LogP contribution >= 0.6 is 11.6 Å². The van der Waals surface area contributed by atoms with Gasteiger partial charge in [-0.25, -0.2) is 0 Å². The molecule has 0 amide bonds. The molecule has 3 nitrogen and oxygen atoms in total. The number of aromatic nitrogens is 2. The molecule has 0 atom stereocenters. The molecule has 0 spiro atoms. The summed E-state index contributed by atoms with van der Waals surface area (Å²) in [6.45, 7) is 5.45. The van der Waals surface area contributed by atoms with Crippen LogP contribution in [0.3, 0.4) is 0 Å². The minimum absolute atomic E-state index is 0.274. The summed E-state index contributed by atoms with van der Waals surface area (Å²) in [5.74, 6) is 0. The number of hydrogen-bond donors (Lipinski definition) is 0. The van der Waals surface area contributed by atoms with Crippen LogP contribution in [0.1, 0.15) is 13.8 Å². The number of hydrogen-bond acceptors (Lipinski definition) is 2. The molecule has 0 aromatic carbocycles. The predicted octanol–water partition coefficient (Wildman–Crippen LogP) is 1.96. The second kappa shape index (κ2) is 4.48. The topological polar surface area (TPSA) is 27.1 Å². The molecule has 0 aliphatic heterocycles. The van der Waals surface area contributed by atoms with Crippen molar-refractivity contribution in [1.29, 1.82) is 0 Å². The van der Waals surface area contributed by atoms with Gasteiger partial charge >= 0.3 is 0 Å². The first-order chi connectivity index (χ1) is 5.68. The standard InChI is InChI=1S/C8H13ClN2O/c1-7(2)12-6-5-11-4-3-8(9)10-11/h3-4,7H,5-6H2,1-2H3. The lowest BCUT2D eigenvalue weighted by Crippen LogP contribution is -2.10. The zero-order chi connectivity index (χ0) is 8.97. The highest BCUT2D eigenvalue weighted by Crippen LogP contribution is 2.02. The Bertz CT molecular complexity index is 235. The van der Waals surface area contributed by atoms with Crippen molar-refractivity contribution in [2.24, 2.45) is 0 Å². The summed E-state index contributed by atoms with van der Waals surface area (Å²) in [7, 11) is 0. The van der Waals surface area contributed by atoms with Gasteiger partial charge in [-0.1, -0.05) is 11.6 Å². The first-order valence-electron chi connectivity index (χ1n) is 3.99. The Morgan fingerprint density at radius 2 is 2.42 bits per heavy atom. The Morgan fingerprint density at radius 3 is 2.92 bits per heavy atom. The first kappa shape index (κ1) is 9.55. The first-order valence-corrected chi connectivity index (χ1v) is 4.37. The molecule has 0 aliphatic carbocycles. The van der Waals surface area contributed by atoms with Crippen molar-refractivity contribution >= 4 is 11.6 Å². The van der Waals surface area contributed by atoms with Gasteiger partial charge in [0, 0.05) is 6.20 Å². The second-order valence-corrected chi connectivity index (χ2v) is 3.21. The molecular weight excluding hydrogens is 176 g/mol. The van der Waals surface area contributed by atoms with E-state index in [1.54, 1.807) is 10.7 Å². The summed E-state index contributed by atoms with van der Waals surface area (Å²) >= 11 is 5.63. The van der Waals surface area contributed by atoms with Crippen LogP contribution < -0.4 is 0 Å². The molecule has 0 fully saturated rings. The van der Waals surface area contributed by atoms with Gasteiger partial charge in [0.15, 0.2) is 5.15 Å². The number of rotatable bonds is 4. The molecule has 4 heteroatoms. The van der Waals surface area contributed by atoms with Crippen LogP contribution in [-0.2, 0) is 11.3 Å². The van der Waals surface area contributed by atoms with Gasteiger partial charge in [0.2, 0.25) is 0 Å². The largest absolute Gasteiger partial charge is 0.377 e. The Kier molecular flexibility index (Phi) is 3.56. The van der Waals surface area contributed by atoms with E-state index in [2.05, 4.69) is 5.10 Å². The summed E-state index contributed by atoms with van der Waals surface area (Å²) in [5.41, 5.74) is 0. The molecule has 0 N–H and O–H groups in total. The molecule has 0 radical (unpaired) electrons. The van der Waals surface area contributed by atoms with E-state index < -0.39 is 0 Å². The molecule has 1 heterocycles. The van der Waals surface area contributed by atoms with E-state index in [1.807, 2.05) is 20.0 Å². The average molecular weight is 189 g/mol. The summed E-state index contributed by atoms with van der Waals surface area (Å²) in [5, 5.41) is 4.54. The van der Waals surface area contributed by atoms with Crippen molar-refractivity contribution in [2.45, 2.75) is 26.5 Å². The quantitative estimate of drug-likeness (QED) is 0.723. The fraction of sp³-hybridized carbons (Fsp3) is 0.625. The molecule has 0 saturated heterocycles. The van der Waals surface area contributed by atoms with Crippen LogP contribution in [0.15, 0.2) is 12.3 Å². The van der Waals surface area contributed by atoms with Crippen molar-refractivity contribution in [3.63, 3.8) is 0 Å². The Hall–Kier alpha value is -0.540. The maximum Gasteiger partial charge on any atom is 0.151 e. The monoisotopic (exact) mass is 188 g/mol. The molecule has 1 rings (SSSR count). The maximum absolute atomic E-state index is 5.63. The van der Waals surface area contributed by atoms with Gasteiger partial charge in [0.1, 0.15) is 0 Å². The lowest BCUT2D eigenvalue weighted by molar-refractivity contribution is 0.0710. The fourth-order valence-electron chi connectivity index (χ4n) is 0.843. The average Bonchev–Trinajstić information content (AvgIpc) is 2.35. The summed E-state index contributed by atoms with van der Waals surface area (Å²) in [6, 6.07) is 1.76. The molecule has 0 saturated carbocycles. The molecular formula is C8H13ClN2O. The van der Waals surface area contributed by atoms with E-state index in [0.29, 0.717) is 11.8 Å². The molecule has 0 bridgehead atoms. The Balaban J connectivity index is 2.24. The SMILES string of the molecule is CC(C)OCCn1ccc(Cl)n1. The highest BCUT2D eigenvalue weighted by Gasteiger charge is 1.96. The van der Waals surface area contributed by atoms with Gasteiger partial charge in [-0.3, -0.25) is 4.68 Å². The van der Waals surface area contributed by atoms with Crippen LogP contribution in [0.2, 0.25) is 5.15 Å². The summed E-state index contributed by atoms with van der Waals surface area (Å²) in [4.78, 5) is 0. The van der Waals surface area contributed by atoms with Crippen molar-refractivity contribution in [2.75, 3.05) is 6.61 Å². The van der Waals surface area contributed by atoms with E-state index >= 15 is 0 Å². The van der Waals surface area contributed by atoms with Gasteiger partial charge in [-0.05, 0) is 19.9 Å². The van der Waals surface area contributed by atoms with Gasteiger partial charge in [0.05, 0.1) is 19.3 Å². The molecule has 12 heavy (non-hydrogen) atoms. The van der Waals surface area contributed by atoms with E-state index in [0.717, 1.165) is 6.54 Å². The number of ether oxygens (including phenoxy) is 1. The summed E-state index contributed by atoms with van der Waals surface area (Å²) < 4.78 is 7.12. The van der Waals surface area contributed by atoms with E-state index in [-0.39, 0.29) is 6.10 Å². The third-order valence-electron chi connectivity index (χ3n) is 1.38. The van der Waals surface area contributed by atoms with Crippen LogP contribution in [0.5, 0.6) is 0 Å². The van der Waals surface area contributed by atoms with Gasteiger partial charge < -0.3 is 4.74 Å². The minimum atomic E-state index is 0.274. The van der Waals surface area contributed by atoms with E-state index in [4.69, 9.17) is 16.3 Å². The molecule has 0 aliphatic rings. The normalized spacial score (nSPS) is 11.0. The predicted molar refractivity (Wildman–Crippen MR) is 48.3 cm³/mol. The minimum Gasteiger partial charge on any atom is -0.377 e. The van der Waals surface area contributed by atoms with Gasteiger partial charge in [-0.2, -0.15) is 5.10 Å². The fourth-order valence-corrected chi connectivity index (χ4v) is 0.997. The molecule has 1 aromatic heterocycles. The number of nitrogens with zero attached hydrogens (tertiary/aromatic N) is 2. The van der Waals surface area contributed by atoms with Crippen molar-refractivity contribution in [1.82, 2.24) is 9.78 Å². The van der Waals surface area contributed by atoms with E-state index in [1.165, 1.54) is 0 Å². The molecule has 0 unspecified atom stereocenters. The summed E-state index contributed by atoms with van der Waals surface area (Å²) in [6.07, 6.45) is 2.11. The smallest absolute Gasteiger partial charge is 0.151 e. The van der Waals surface area contributed by atoms with Crippen LogP contribution in [-0.4, -0.2) is 22.5 Å². The van der Waals surface area contributed by atoms with Crippen LogP contribution in [0, 0.1) is 0 Å². The zero-order valence-electron chi connectivity index (χ0n) is 7.33. The lowest BCUT2D eigenvalue weighted by atomic mass is 10.5. The Morgan fingerprint density at radius 1 is 1.67 bits per heavy atom. The van der Waals surface area contributed by atoms with E-state index in [9.17, 15) is 0 Å². The van der Waals surface area contributed by atoms with Crippen molar-refractivity contribution in [3.05, 3.63) is 17.4 Å². The zero-order valence-corrected chi connectivity index (χ0v) is 8.08. The number of halogens is 1. The third-order valence-corrected chi connectivity index (χ3v) is 1.58. The third kappa shape index (κ3) is 3.24. The maximum atomic E-state index is 5.63. The second-order valence-electron chi connectivity index (χ2n) is 2.82. The van der Waals surface area contributed by atoms with Gasteiger partial charge in [-0.15, -0.1) is 0 Å². The molecule has 68 valence electrons. The van der Waals surface area contributed by atoms with Gasteiger partial charge in [0.25, 0.3) is 0 Å². The van der Waals surface area contributed by atoms with Crippen LogP contribution in [0.25, 0.3) is 0 Å². The van der Waals surface area contributed by atoms with Crippen molar-refractivity contribution < 1.29 is 4.74 Å². The van der Waals surface area contributed by atoms with Crippen molar-refractivity contribution in [3.8, 4) is 0 Å². The molecule has 1 aromatic rings.